The molecule has 1 aliphatic heterocycles. The number of aliphatic hydroxyl groups is 2. The molecule has 0 aliphatic carbocycles. The molecule has 7 heteroatoms. The lowest BCUT2D eigenvalue weighted by atomic mass is 10.2. The molecule has 0 aromatic carbocycles. The zero-order valence-corrected chi connectivity index (χ0v) is 8.37. The van der Waals surface area contributed by atoms with Gasteiger partial charge >= 0.3 is 5.69 Å². The molecule has 1 saturated heterocycles. The van der Waals surface area contributed by atoms with Crippen molar-refractivity contribution in [3.63, 3.8) is 0 Å². The topological polar surface area (TPSA) is 105 Å². The highest BCUT2D eigenvalue weighted by Crippen LogP contribution is 2.26. The van der Waals surface area contributed by atoms with Gasteiger partial charge < -0.3 is 14.9 Å². The van der Waals surface area contributed by atoms with E-state index in [1.165, 1.54) is 16.8 Å². The van der Waals surface area contributed by atoms with E-state index in [0.717, 1.165) is 0 Å². The highest BCUT2D eigenvalue weighted by Gasteiger charge is 2.34. The maximum atomic E-state index is 11.4. The minimum absolute atomic E-state index is 0.206. The fourth-order valence-corrected chi connectivity index (χ4v) is 1.70. The summed E-state index contributed by atoms with van der Waals surface area (Å²) in [4.78, 5) is 24.3. The molecule has 0 radical (unpaired) electrons. The second-order valence-corrected chi connectivity index (χ2v) is 3.63. The van der Waals surface area contributed by atoms with Gasteiger partial charge in [0, 0.05) is 18.7 Å². The van der Waals surface area contributed by atoms with E-state index >= 15 is 0 Å². The lowest BCUT2D eigenvalue weighted by Gasteiger charge is -2.13. The monoisotopic (exact) mass is 230 g/mol. The van der Waals surface area contributed by atoms with Crippen LogP contribution in [-0.4, -0.2) is 38.6 Å². The molecule has 3 atom stereocenters. The summed E-state index contributed by atoms with van der Waals surface area (Å²) in [5.41, 5.74) is -1.08. The van der Waals surface area contributed by atoms with Gasteiger partial charge in [-0.2, -0.15) is 0 Å². The Morgan fingerprint density at radius 3 is 3.00 bits per heavy atom. The average Bonchev–Trinajstić information content (AvgIpc) is 2.59. The highest BCUT2D eigenvalue weighted by atomic mass is 16.5. The molecule has 16 heavy (non-hydrogen) atoms. The molecule has 1 aromatic rings. The number of ether oxygens (including phenoxy) is 1. The first-order valence-corrected chi connectivity index (χ1v) is 4.87. The molecule has 0 spiro atoms. The molecule has 0 amide bonds. The number of aromatic amines is 1. The maximum absolute atomic E-state index is 11.4. The first-order valence-electron chi connectivity index (χ1n) is 4.87. The molecule has 3 N–H and O–H groups in total. The molecular formula is C9H12N2O5. The van der Waals surface area contributed by atoms with Crippen molar-refractivity contribution in [1.82, 2.24) is 9.55 Å². The second kappa shape index (κ2) is 4.20. The predicted octanol–water partition coefficient (Wildman–Crippen LogP) is -1.82. The third-order valence-electron chi connectivity index (χ3n) is 2.55. The summed E-state index contributed by atoms with van der Waals surface area (Å²) in [6.45, 7) is -0.310. The zero-order chi connectivity index (χ0) is 11.7. The van der Waals surface area contributed by atoms with E-state index in [4.69, 9.17) is 9.84 Å². The van der Waals surface area contributed by atoms with Crippen molar-refractivity contribution in [3.05, 3.63) is 33.1 Å². The SMILES string of the molecule is O=c1ccn([C@H]2C[C@H](O)[C@@H](CO)O2)[14c](=O)[nH]1. The molecule has 1 aromatic heterocycles. The van der Waals surface area contributed by atoms with Crippen LogP contribution in [0, 0.1) is 0 Å². The molecular weight excluding hydrogens is 218 g/mol. The average molecular weight is 230 g/mol. The first-order chi connectivity index (χ1) is 7.61. The summed E-state index contributed by atoms with van der Waals surface area (Å²) in [5.74, 6) is 0. The van der Waals surface area contributed by atoms with E-state index in [0.29, 0.717) is 0 Å². The van der Waals surface area contributed by atoms with Gasteiger partial charge in [-0.3, -0.25) is 14.3 Å². The number of rotatable bonds is 2. The third-order valence-corrected chi connectivity index (χ3v) is 2.55. The van der Waals surface area contributed by atoms with Crippen molar-refractivity contribution in [3.8, 4) is 0 Å². The summed E-state index contributed by atoms with van der Waals surface area (Å²) >= 11 is 0. The predicted molar refractivity (Wildman–Crippen MR) is 52.9 cm³/mol. The minimum Gasteiger partial charge on any atom is -0.394 e. The second-order valence-electron chi connectivity index (χ2n) is 3.63. The molecule has 1 fully saturated rings. The largest absolute Gasteiger partial charge is 0.394 e. The molecule has 1 aliphatic rings. The molecule has 2 heterocycles. The summed E-state index contributed by atoms with van der Waals surface area (Å²) < 4.78 is 6.45. The van der Waals surface area contributed by atoms with E-state index in [9.17, 15) is 14.7 Å². The fourth-order valence-electron chi connectivity index (χ4n) is 1.70. The van der Waals surface area contributed by atoms with Gasteiger partial charge in [0.25, 0.3) is 5.56 Å². The van der Waals surface area contributed by atoms with Gasteiger partial charge in [0.1, 0.15) is 12.3 Å². The van der Waals surface area contributed by atoms with E-state index in [1.807, 2.05) is 0 Å². The van der Waals surface area contributed by atoms with Gasteiger partial charge in [0.05, 0.1) is 12.7 Å². The van der Waals surface area contributed by atoms with Gasteiger partial charge in [0.2, 0.25) is 0 Å². The molecule has 2 rings (SSSR count). The van der Waals surface area contributed by atoms with Crippen LogP contribution in [-0.2, 0) is 4.74 Å². The number of aromatic nitrogens is 2. The smallest absolute Gasteiger partial charge is 0.330 e. The fraction of sp³-hybridized carbons (Fsp3) is 0.556. The third kappa shape index (κ3) is 1.92. The van der Waals surface area contributed by atoms with E-state index in [1.54, 1.807) is 0 Å². The Bertz CT molecular complexity index is 479. The van der Waals surface area contributed by atoms with Crippen LogP contribution in [0.15, 0.2) is 21.9 Å². The number of aliphatic hydroxyl groups excluding tert-OH is 2. The number of H-pyrrole nitrogens is 1. The summed E-state index contributed by atoms with van der Waals surface area (Å²) in [6, 6.07) is 1.20. The molecule has 7 nitrogen and oxygen atoms in total. The van der Waals surface area contributed by atoms with Crippen molar-refractivity contribution in [2.24, 2.45) is 0 Å². The van der Waals surface area contributed by atoms with Gasteiger partial charge in [-0.15, -0.1) is 0 Å². The van der Waals surface area contributed by atoms with Crippen molar-refractivity contribution < 1.29 is 14.9 Å². The number of hydrogen-bond acceptors (Lipinski definition) is 5. The Kier molecular flexibility index (Phi) is 2.90. The number of nitrogens with one attached hydrogen (secondary N) is 1. The Hall–Kier alpha value is -1.44. The van der Waals surface area contributed by atoms with Crippen molar-refractivity contribution in [1.29, 1.82) is 0 Å². The minimum atomic E-state index is -0.811. The lowest BCUT2D eigenvalue weighted by molar-refractivity contribution is -0.0459. The maximum Gasteiger partial charge on any atom is 0.330 e. The van der Waals surface area contributed by atoms with Crippen LogP contribution in [0.3, 0.4) is 0 Å². The number of nitrogens with zero attached hydrogens (tertiary/aromatic N) is 1. The van der Waals surface area contributed by atoms with E-state index < -0.39 is 29.7 Å². The lowest BCUT2D eigenvalue weighted by Crippen LogP contribution is -2.31. The summed E-state index contributed by atoms with van der Waals surface area (Å²) in [7, 11) is 0. The summed E-state index contributed by atoms with van der Waals surface area (Å²) in [6.07, 6.45) is -0.649. The van der Waals surface area contributed by atoms with E-state index in [2.05, 4.69) is 4.98 Å². The van der Waals surface area contributed by atoms with Gasteiger partial charge in [0.15, 0.2) is 0 Å². The standard InChI is InChI=1S/C9H12N2O5/c12-4-6-5(13)3-8(16-6)11-2-1-7(14)10-9(11)15/h1-2,5-6,8,12-13H,3-4H2,(H,10,14,15)/t5-,6+,8+/m0/s1/i9+2. The normalized spacial score (nSPS) is 29.5. The van der Waals surface area contributed by atoms with Crippen LogP contribution in [0.25, 0.3) is 0 Å². The zero-order valence-electron chi connectivity index (χ0n) is 8.37. The van der Waals surface area contributed by atoms with Crippen molar-refractivity contribution >= 4 is 0 Å². The Labute approximate surface area is 89.9 Å². The number of hydrogen-bond donors (Lipinski definition) is 3. The molecule has 0 saturated carbocycles. The Morgan fingerprint density at radius 2 is 2.44 bits per heavy atom. The summed E-state index contributed by atoms with van der Waals surface area (Å²) in [5, 5.41) is 18.4. The first kappa shape index (κ1) is 11.1. The van der Waals surface area contributed by atoms with Crippen molar-refractivity contribution in [2.75, 3.05) is 6.61 Å². The van der Waals surface area contributed by atoms with Crippen LogP contribution in [0.5, 0.6) is 0 Å². The quantitative estimate of drug-likeness (QED) is 0.554. The van der Waals surface area contributed by atoms with Crippen LogP contribution in [0.4, 0.5) is 0 Å². The van der Waals surface area contributed by atoms with Crippen LogP contribution in [0.2, 0.25) is 0 Å². The molecule has 0 bridgehead atoms. The van der Waals surface area contributed by atoms with Crippen LogP contribution >= 0.6 is 0 Å². The van der Waals surface area contributed by atoms with E-state index in [-0.39, 0.29) is 13.0 Å². The van der Waals surface area contributed by atoms with Gasteiger partial charge in [-0.25, -0.2) is 4.79 Å². The molecule has 88 valence electrons. The Balaban J connectivity index is 2.27. The van der Waals surface area contributed by atoms with Gasteiger partial charge in [-0.1, -0.05) is 0 Å². The van der Waals surface area contributed by atoms with Gasteiger partial charge in [-0.05, 0) is 0 Å². The van der Waals surface area contributed by atoms with Crippen LogP contribution in [0.1, 0.15) is 12.6 Å². The van der Waals surface area contributed by atoms with Crippen molar-refractivity contribution in [2.45, 2.75) is 24.9 Å². The highest BCUT2D eigenvalue weighted by molar-refractivity contribution is 4.88. The van der Waals surface area contributed by atoms with Crippen LogP contribution < -0.4 is 11.2 Å². The molecule has 0 unspecified atom stereocenters. The Morgan fingerprint density at radius 1 is 1.69 bits per heavy atom.